The van der Waals surface area contributed by atoms with Gasteiger partial charge in [-0.2, -0.15) is 0 Å². The van der Waals surface area contributed by atoms with Crippen LogP contribution in [0.3, 0.4) is 0 Å². The number of Topliss-reactive ketones (excluding diaryl/α,β-unsaturated/α-hetero) is 1. The maximum absolute atomic E-state index is 12.5. The van der Waals surface area contributed by atoms with E-state index in [4.69, 9.17) is 9.97 Å². The van der Waals surface area contributed by atoms with Gasteiger partial charge in [0.15, 0.2) is 0 Å². The van der Waals surface area contributed by atoms with Gasteiger partial charge >= 0.3 is 0 Å². The molecular formula is C25H42N4O. The van der Waals surface area contributed by atoms with Crippen molar-refractivity contribution in [1.29, 1.82) is 0 Å². The van der Waals surface area contributed by atoms with Crippen molar-refractivity contribution in [2.45, 2.75) is 91.6 Å². The van der Waals surface area contributed by atoms with Gasteiger partial charge in [-0.3, -0.25) is 9.69 Å². The fraction of sp³-hybridized carbons (Fsp3) is 0.800. The summed E-state index contributed by atoms with van der Waals surface area (Å²) in [7, 11) is 0. The Labute approximate surface area is 183 Å². The predicted octanol–water partition coefficient (Wildman–Crippen LogP) is 4.92. The molecule has 1 saturated heterocycles. The fourth-order valence-corrected chi connectivity index (χ4v) is 5.50. The molecule has 2 fully saturated rings. The second kappa shape index (κ2) is 10.2. The van der Waals surface area contributed by atoms with Crippen molar-refractivity contribution in [2.24, 2.45) is 17.8 Å². The van der Waals surface area contributed by atoms with E-state index in [0.29, 0.717) is 29.7 Å². The second-order valence-corrected chi connectivity index (χ2v) is 10.1. The third-order valence-electron chi connectivity index (χ3n) is 7.45. The Hall–Kier alpha value is -1.49. The topological polar surface area (TPSA) is 49.3 Å². The summed E-state index contributed by atoms with van der Waals surface area (Å²) in [6.07, 6.45) is 9.69. The van der Waals surface area contributed by atoms with E-state index >= 15 is 0 Å². The van der Waals surface area contributed by atoms with E-state index in [0.717, 1.165) is 44.8 Å². The molecule has 4 atom stereocenters. The van der Waals surface area contributed by atoms with Gasteiger partial charge in [0.2, 0.25) is 5.95 Å². The average molecular weight is 415 g/mol. The molecule has 30 heavy (non-hydrogen) atoms. The van der Waals surface area contributed by atoms with E-state index in [9.17, 15) is 4.79 Å². The van der Waals surface area contributed by atoms with Crippen LogP contribution in [-0.4, -0.2) is 52.4 Å². The largest absolute Gasteiger partial charge is 0.337 e. The van der Waals surface area contributed by atoms with Crippen molar-refractivity contribution >= 4 is 11.7 Å². The van der Waals surface area contributed by atoms with E-state index < -0.39 is 0 Å². The van der Waals surface area contributed by atoms with Crippen molar-refractivity contribution in [3.05, 3.63) is 18.0 Å². The highest BCUT2D eigenvalue weighted by molar-refractivity contribution is 5.83. The molecule has 2 heterocycles. The average Bonchev–Trinajstić information content (AvgIpc) is 3.19. The zero-order valence-corrected chi connectivity index (χ0v) is 20.0. The first-order valence-corrected chi connectivity index (χ1v) is 12.2. The standard InChI is InChI=1S/C25H42N4O/c1-7-28(18(4)5)16-22-9-8-12-29(22)25-26-14-21(15-27-25)20-10-11-23(19(6)13-20)24(30)17(2)3/h14-15,17-20,22-23H,7-13,16H2,1-6H3. The number of hydrogen-bond acceptors (Lipinski definition) is 5. The molecule has 1 aliphatic carbocycles. The Bertz CT molecular complexity index is 687. The Morgan fingerprint density at radius 3 is 2.43 bits per heavy atom. The van der Waals surface area contributed by atoms with E-state index in [-0.39, 0.29) is 11.8 Å². The van der Waals surface area contributed by atoms with Crippen LogP contribution in [0.5, 0.6) is 0 Å². The molecule has 5 nitrogen and oxygen atoms in total. The minimum atomic E-state index is 0.143. The van der Waals surface area contributed by atoms with Crippen LogP contribution in [-0.2, 0) is 4.79 Å². The highest BCUT2D eigenvalue weighted by atomic mass is 16.1. The molecule has 1 aromatic rings. The number of rotatable bonds is 8. The molecule has 168 valence electrons. The number of anilines is 1. The summed E-state index contributed by atoms with van der Waals surface area (Å²) < 4.78 is 0. The molecule has 0 amide bonds. The first-order valence-electron chi connectivity index (χ1n) is 12.2. The number of hydrogen-bond donors (Lipinski definition) is 0. The van der Waals surface area contributed by atoms with Crippen LogP contribution in [0.1, 0.15) is 85.1 Å². The van der Waals surface area contributed by atoms with Gasteiger partial charge in [-0.05, 0) is 69.9 Å². The maximum Gasteiger partial charge on any atom is 0.225 e. The minimum absolute atomic E-state index is 0.143. The van der Waals surface area contributed by atoms with Crippen molar-refractivity contribution in [1.82, 2.24) is 14.9 Å². The van der Waals surface area contributed by atoms with Crippen LogP contribution in [0.2, 0.25) is 0 Å². The maximum atomic E-state index is 12.5. The highest BCUT2D eigenvalue weighted by Gasteiger charge is 2.34. The molecule has 0 spiro atoms. The molecule has 2 aliphatic rings. The SMILES string of the molecule is CCN(CC1CCCN1c1ncc(C2CCC(C(=O)C(C)C)C(C)C2)cn1)C(C)C. The molecule has 1 aromatic heterocycles. The van der Waals surface area contributed by atoms with Crippen LogP contribution >= 0.6 is 0 Å². The van der Waals surface area contributed by atoms with Crippen LogP contribution in [0, 0.1) is 17.8 Å². The van der Waals surface area contributed by atoms with E-state index in [1.807, 2.05) is 13.8 Å². The van der Waals surface area contributed by atoms with E-state index in [1.54, 1.807) is 0 Å². The molecule has 1 saturated carbocycles. The van der Waals surface area contributed by atoms with Crippen molar-refractivity contribution in [3.8, 4) is 0 Å². The summed E-state index contributed by atoms with van der Waals surface area (Å²) in [6.45, 7) is 16.3. The number of carbonyl (C=O) groups is 1. The zero-order chi connectivity index (χ0) is 21.8. The summed E-state index contributed by atoms with van der Waals surface area (Å²) >= 11 is 0. The smallest absolute Gasteiger partial charge is 0.225 e. The number of nitrogens with zero attached hydrogens (tertiary/aromatic N) is 4. The lowest BCUT2D eigenvalue weighted by Crippen LogP contribution is -2.43. The summed E-state index contributed by atoms with van der Waals surface area (Å²) in [4.78, 5) is 27.0. The number of ketones is 1. The predicted molar refractivity (Wildman–Crippen MR) is 124 cm³/mol. The van der Waals surface area contributed by atoms with E-state index in [2.05, 4.69) is 49.9 Å². The molecule has 5 heteroatoms. The monoisotopic (exact) mass is 414 g/mol. The minimum Gasteiger partial charge on any atom is -0.337 e. The van der Waals surface area contributed by atoms with Crippen molar-refractivity contribution in [3.63, 3.8) is 0 Å². The molecule has 0 radical (unpaired) electrons. The third-order valence-corrected chi connectivity index (χ3v) is 7.45. The first-order chi connectivity index (χ1) is 14.3. The van der Waals surface area contributed by atoms with Gasteiger partial charge < -0.3 is 4.90 Å². The van der Waals surface area contributed by atoms with Gasteiger partial charge in [-0.25, -0.2) is 9.97 Å². The molecule has 4 unspecified atom stereocenters. The molecule has 0 bridgehead atoms. The van der Waals surface area contributed by atoms with Crippen LogP contribution < -0.4 is 4.90 Å². The van der Waals surface area contributed by atoms with Crippen molar-refractivity contribution < 1.29 is 4.79 Å². The van der Waals surface area contributed by atoms with Gasteiger partial charge in [-0.1, -0.05) is 27.7 Å². The Morgan fingerprint density at radius 1 is 1.17 bits per heavy atom. The van der Waals surface area contributed by atoms with Gasteiger partial charge in [0.25, 0.3) is 0 Å². The normalized spacial score (nSPS) is 27.4. The Balaban J connectivity index is 1.63. The lowest BCUT2D eigenvalue weighted by molar-refractivity contribution is -0.128. The third kappa shape index (κ3) is 5.22. The Kier molecular flexibility index (Phi) is 7.89. The number of likely N-dealkylation sites (N-methyl/N-ethyl adjacent to an activating group) is 1. The quantitative estimate of drug-likeness (QED) is 0.604. The Morgan fingerprint density at radius 2 is 1.87 bits per heavy atom. The molecule has 0 N–H and O–H groups in total. The van der Waals surface area contributed by atoms with Crippen molar-refractivity contribution in [2.75, 3.05) is 24.5 Å². The molecule has 1 aliphatic heterocycles. The summed E-state index contributed by atoms with van der Waals surface area (Å²) in [5.74, 6) is 2.63. The van der Waals surface area contributed by atoms with Crippen LogP contribution in [0.4, 0.5) is 5.95 Å². The zero-order valence-electron chi connectivity index (χ0n) is 20.0. The lowest BCUT2D eigenvalue weighted by Gasteiger charge is -2.34. The van der Waals surface area contributed by atoms with Gasteiger partial charge in [0.1, 0.15) is 5.78 Å². The molecular weight excluding hydrogens is 372 g/mol. The second-order valence-electron chi connectivity index (χ2n) is 10.1. The van der Waals surface area contributed by atoms with Crippen LogP contribution in [0.15, 0.2) is 12.4 Å². The van der Waals surface area contributed by atoms with Gasteiger partial charge in [0.05, 0.1) is 0 Å². The van der Waals surface area contributed by atoms with E-state index in [1.165, 1.54) is 18.4 Å². The molecule has 0 aromatic carbocycles. The summed E-state index contributed by atoms with van der Waals surface area (Å²) in [5.41, 5.74) is 1.24. The lowest BCUT2D eigenvalue weighted by atomic mass is 9.70. The molecule has 3 rings (SSSR count). The fourth-order valence-electron chi connectivity index (χ4n) is 5.50. The van der Waals surface area contributed by atoms with Gasteiger partial charge in [-0.15, -0.1) is 0 Å². The summed E-state index contributed by atoms with van der Waals surface area (Å²) in [5, 5.41) is 0. The van der Waals surface area contributed by atoms with Gasteiger partial charge in [0, 0.05) is 49.4 Å². The first kappa shape index (κ1) is 23.2. The number of carbonyl (C=O) groups excluding carboxylic acids is 1. The number of aromatic nitrogens is 2. The van der Waals surface area contributed by atoms with Crippen LogP contribution in [0.25, 0.3) is 0 Å². The summed E-state index contributed by atoms with van der Waals surface area (Å²) in [6, 6.07) is 1.08. The highest BCUT2D eigenvalue weighted by Crippen LogP contribution is 2.40.